The summed E-state index contributed by atoms with van der Waals surface area (Å²) >= 11 is 5.66. The highest BCUT2D eigenvalue weighted by Gasteiger charge is 2.16. The fraction of sp³-hybridized carbons (Fsp3) is 0.300. The van der Waals surface area contributed by atoms with Gasteiger partial charge in [0.25, 0.3) is 5.91 Å². The van der Waals surface area contributed by atoms with E-state index in [4.69, 9.17) is 11.6 Å². The number of nitrogens with one attached hydrogen (secondary N) is 1. The minimum absolute atomic E-state index is 0.0232. The average Bonchev–Trinajstić information content (AvgIpc) is 2.35. The van der Waals surface area contributed by atoms with Gasteiger partial charge in [0.05, 0.1) is 7.11 Å². The number of pyridine rings is 1. The molecule has 1 aromatic heterocycles. The fourth-order valence-electron chi connectivity index (χ4n) is 0.999. The standard InChI is InChI=1S/C10H11ClN2O3/c1-16-10(15)8(11)6-13-9(14)7-2-4-12-5-3-7/h2-5,8H,6H2,1H3,(H,13,14). The van der Waals surface area contributed by atoms with Gasteiger partial charge in [0.15, 0.2) is 0 Å². The summed E-state index contributed by atoms with van der Waals surface area (Å²) in [4.78, 5) is 26.2. The molecule has 1 N–H and O–H groups in total. The highest BCUT2D eigenvalue weighted by atomic mass is 35.5. The number of methoxy groups -OCH3 is 1. The van der Waals surface area contributed by atoms with Gasteiger partial charge in [-0.2, -0.15) is 0 Å². The lowest BCUT2D eigenvalue weighted by atomic mass is 10.2. The number of alkyl halides is 1. The monoisotopic (exact) mass is 242 g/mol. The van der Waals surface area contributed by atoms with E-state index in [-0.39, 0.29) is 12.5 Å². The van der Waals surface area contributed by atoms with E-state index >= 15 is 0 Å². The summed E-state index contributed by atoms with van der Waals surface area (Å²) < 4.78 is 4.42. The number of carbonyl (C=O) groups is 2. The third-order valence-corrected chi connectivity index (χ3v) is 2.17. The molecule has 0 saturated carbocycles. The molecule has 1 rings (SSSR count). The van der Waals surface area contributed by atoms with E-state index in [0.717, 1.165) is 0 Å². The molecule has 0 aliphatic rings. The van der Waals surface area contributed by atoms with Crippen LogP contribution in [0.1, 0.15) is 10.4 Å². The topological polar surface area (TPSA) is 68.3 Å². The van der Waals surface area contributed by atoms with Crippen LogP contribution in [-0.4, -0.2) is 35.9 Å². The van der Waals surface area contributed by atoms with Crippen LogP contribution in [0.5, 0.6) is 0 Å². The number of esters is 1. The molecule has 0 aliphatic carbocycles. The minimum Gasteiger partial charge on any atom is -0.468 e. The Morgan fingerprint density at radius 1 is 1.50 bits per heavy atom. The van der Waals surface area contributed by atoms with Gasteiger partial charge in [-0.3, -0.25) is 14.6 Å². The lowest BCUT2D eigenvalue weighted by Gasteiger charge is -2.08. The fourth-order valence-corrected chi connectivity index (χ4v) is 1.17. The molecule has 1 amide bonds. The van der Waals surface area contributed by atoms with Gasteiger partial charge in [0.1, 0.15) is 5.38 Å². The van der Waals surface area contributed by atoms with Crippen LogP contribution in [0.25, 0.3) is 0 Å². The second kappa shape index (κ2) is 6.07. The van der Waals surface area contributed by atoms with E-state index in [1.165, 1.54) is 19.5 Å². The first-order valence-electron chi connectivity index (χ1n) is 4.55. The van der Waals surface area contributed by atoms with Gasteiger partial charge in [-0.05, 0) is 12.1 Å². The summed E-state index contributed by atoms with van der Waals surface area (Å²) in [6, 6.07) is 3.13. The van der Waals surface area contributed by atoms with Crippen molar-refractivity contribution in [2.45, 2.75) is 5.38 Å². The molecule has 0 aliphatic heterocycles. The van der Waals surface area contributed by atoms with Crippen molar-refractivity contribution in [2.24, 2.45) is 0 Å². The number of carbonyl (C=O) groups excluding carboxylic acids is 2. The number of halogens is 1. The molecule has 0 fully saturated rings. The van der Waals surface area contributed by atoms with Crippen LogP contribution >= 0.6 is 11.6 Å². The highest BCUT2D eigenvalue weighted by Crippen LogP contribution is 1.99. The zero-order valence-electron chi connectivity index (χ0n) is 8.64. The van der Waals surface area contributed by atoms with Crippen LogP contribution in [0.15, 0.2) is 24.5 Å². The molecule has 0 radical (unpaired) electrons. The van der Waals surface area contributed by atoms with E-state index < -0.39 is 11.3 Å². The maximum atomic E-state index is 11.5. The van der Waals surface area contributed by atoms with E-state index in [2.05, 4.69) is 15.0 Å². The van der Waals surface area contributed by atoms with Gasteiger partial charge < -0.3 is 10.1 Å². The van der Waals surface area contributed by atoms with Crippen molar-refractivity contribution in [3.63, 3.8) is 0 Å². The Balaban J connectivity index is 2.45. The Kier molecular flexibility index (Phi) is 4.72. The molecular formula is C10H11ClN2O3. The lowest BCUT2D eigenvalue weighted by molar-refractivity contribution is -0.140. The number of aromatic nitrogens is 1. The van der Waals surface area contributed by atoms with Crippen LogP contribution in [0.2, 0.25) is 0 Å². The SMILES string of the molecule is COC(=O)C(Cl)CNC(=O)c1ccncc1. The molecule has 16 heavy (non-hydrogen) atoms. The first kappa shape index (κ1) is 12.4. The molecule has 1 unspecified atom stereocenters. The molecular weight excluding hydrogens is 232 g/mol. The molecule has 0 saturated heterocycles. The van der Waals surface area contributed by atoms with Crippen molar-refractivity contribution in [3.05, 3.63) is 30.1 Å². The Morgan fingerprint density at radius 3 is 2.69 bits per heavy atom. The second-order valence-corrected chi connectivity index (χ2v) is 3.46. The van der Waals surface area contributed by atoms with E-state index in [0.29, 0.717) is 5.56 Å². The number of hydrogen-bond donors (Lipinski definition) is 1. The lowest BCUT2D eigenvalue weighted by Crippen LogP contribution is -2.34. The Morgan fingerprint density at radius 2 is 2.12 bits per heavy atom. The van der Waals surface area contributed by atoms with E-state index in [1.807, 2.05) is 0 Å². The average molecular weight is 243 g/mol. The number of amides is 1. The highest BCUT2D eigenvalue weighted by molar-refractivity contribution is 6.30. The molecule has 86 valence electrons. The zero-order chi connectivity index (χ0) is 12.0. The van der Waals surface area contributed by atoms with Crippen molar-refractivity contribution in [3.8, 4) is 0 Å². The van der Waals surface area contributed by atoms with Gasteiger partial charge in [-0.1, -0.05) is 0 Å². The normalized spacial score (nSPS) is 11.6. The third kappa shape index (κ3) is 3.51. The van der Waals surface area contributed by atoms with Crippen LogP contribution < -0.4 is 5.32 Å². The van der Waals surface area contributed by atoms with Gasteiger partial charge >= 0.3 is 5.97 Å². The quantitative estimate of drug-likeness (QED) is 0.620. The van der Waals surface area contributed by atoms with Gasteiger partial charge in [-0.25, -0.2) is 0 Å². The van der Waals surface area contributed by atoms with Crippen molar-refractivity contribution in [1.82, 2.24) is 10.3 Å². The number of nitrogens with zero attached hydrogens (tertiary/aromatic N) is 1. The first-order chi connectivity index (χ1) is 7.65. The van der Waals surface area contributed by atoms with Crippen molar-refractivity contribution >= 4 is 23.5 Å². The first-order valence-corrected chi connectivity index (χ1v) is 4.99. The van der Waals surface area contributed by atoms with Crippen LogP contribution in [0.4, 0.5) is 0 Å². The van der Waals surface area contributed by atoms with Crippen LogP contribution in [-0.2, 0) is 9.53 Å². The Hall–Kier alpha value is -1.62. The maximum absolute atomic E-state index is 11.5. The molecule has 1 heterocycles. The summed E-state index contributed by atoms with van der Waals surface area (Å²) in [7, 11) is 1.24. The summed E-state index contributed by atoms with van der Waals surface area (Å²) in [6.45, 7) is 0.0232. The molecule has 1 atom stereocenters. The van der Waals surface area contributed by atoms with E-state index in [1.54, 1.807) is 12.1 Å². The Labute approximate surface area is 97.8 Å². The van der Waals surface area contributed by atoms with Gasteiger partial charge in [0, 0.05) is 24.5 Å². The zero-order valence-corrected chi connectivity index (χ0v) is 9.40. The Bertz CT molecular complexity index is 370. The van der Waals surface area contributed by atoms with Crippen molar-refractivity contribution in [2.75, 3.05) is 13.7 Å². The van der Waals surface area contributed by atoms with Gasteiger partial charge in [0.2, 0.25) is 0 Å². The van der Waals surface area contributed by atoms with Crippen molar-refractivity contribution < 1.29 is 14.3 Å². The minimum atomic E-state index is -0.879. The third-order valence-electron chi connectivity index (χ3n) is 1.84. The van der Waals surface area contributed by atoms with Crippen molar-refractivity contribution in [1.29, 1.82) is 0 Å². The number of hydrogen-bond acceptors (Lipinski definition) is 4. The summed E-state index contributed by atoms with van der Waals surface area (Å²) in [5.74, 6) is -0.881. The number of ether oxygens (including phenoxy) is 1. The molecule has 0 aromatic carbocycles. The predicted octanol–water partition coefficient (Wildman–Crippen LogP) is 0.592. The van der Waals surface area contributed by atoms with Crippen LogP contribution in [0, 0.1) is 0 Å². The number of rotatable bonds is 4. The predicted molar refractivity (Wildman–Crippen MR) is 58.2 cm³/mol. The summed E-state index contributed by atoms with van der Waals surface area (Å²) in [5.41, 5.74) is 0.462. The molecule has 1 aromatic rings. The summed E-state index contributed by atoms with van der Waals surface area (Å²) in [6.07, 6.45) is 3.01. The summed E-state index contributed by atoms with van der Waals surface area (Å²) in [5, 5.41) is 1.64. The molecule has 6 heteroatoms. The molecule has 5 nitrogen and oxygen atoms in total. The maximum Gasteiger partial charge on any atom is 0.325 e. The van der Waals surface area contributed by atoms with Gasteiger partial charge in [-0.15, -0.1) is 11.6 Å². The smallest absolute Gasteiger partial charge is 0.325 e. The second-order valence-electron chi connectivity index (χ2n) is 2.94. The molecule has 0 spiro atoms. The van der Waals surface area contributed by atoms with Crippen LogP contribution in [0.3, 0.4) is 0 Å². The van der Waals surface area contributed by atoms with E-state index in [9.17, 15) is 9.59 Å². The molecule has 0 bridgehead atoms. The largest absolute Gasteiger partial charge is 0.468 e.